The first kappa shape index (κ1) is 14.9. The highest BCUT2D eigenvalue weighted by molar-refractivity contribution is 5.83. The number of benzene rings is 1. The number of nitrogens with zero attached hydrogens (tertiary/aromatic N) is 2. The third kappa shape index (κ3) is 2.56. The number of hydrogen-bond acceptors (Lipinski definition) is 2. The lowest BCUT2D eigenvalue weighted by Crippen LogP contribution is -2.51. The van der Waals surface area contributed by atoms with Crippen LogP contribution in [0.2, 0.25) is 0 Å². The topological polar surface area (TPSA) is 44.1 Å². The van der Waals surface area contributed by atoms with Gasteiger partial charge in [0.05, 0.1) is 11.6 Å². The second-order valence-corrected chi connectivity index (χ2v) is 6.00. The third-order valence-corrected chi connectivity index (χ3v) is 4.70. The van der Waals surface area contributed by atoms with Crippen LogP contribution in [-0.2, 0) is 4.79 Å². The molecule has 2 aliphatic rings. The largest absolute Gasteiger partial charge is 0.471 e. The normalized spacial score (nSPS) is 27.5. The van der Waals surface area contributed by atoms with Gasteiger partial charge in [-0.05, 0) is 49.3 Å². The minimum Gasteiger partial charge on any atom is -0.329 e. The van der Waals surface area contributed by atoms with E-state index in [-0.39, 0.29) is 18.0 Å². The molecular formula is C16H15F3N2O. The molecule has 1 aromatic carbocycles. The summed E-state index contributed by atoms with van der Waals surface area (Å²) >= 11 is 0. The van der Waals surface area contributed by atoms with E-state index in [0.717, 1.165) is 10.5 Å². The van der Waals surface area contributed by atoms with Crippen LogP contribution in [-0.4, -0.2) is 29.1 Å². The molecule has 1 aromatic rings. The van der Waals surface area contributed by atoms with Crippen molar-refractivity contribution in [1.82, 2.24) is 4.90 Å². The predicted octanol–water partition coefficient (Wildman–Crippen LogP) is 3.36. The van der Waals surface area contributed by atoms with Gasteiger partial charge in [-0.3, -0.25) is 4.79 Å². The first-order valence-corrected chi connectivity index (χ1v) is 7.29. The Kier molecular flexibility index (Phi) is 3.59. The maximum Gasteiger partial charge on any atom is 0.471 e. The molecule has 1 unspecified atom stereocenters. The van der Waals surface area contributed by atoms with Gasteiger partial charge < -0.3 is 4.90 Å². The summed E-state index contributed by atoms with van der Waals surface area (Å²) in [5, 5.41) is 8.95. The predicted molar refractivity (Wildman–Crippen MR) is 72.8 cm³/mol. The van der Waals surface area contributed by atoms with E-state index in [0.29, 0.717) is 31.2 Å². The molecule has 0 saturated carbocycles. The van der Waals surface area contributed by atoms with Crippen LogP contribution in [0.5, 0.6) is 0 Å². The summed E-state index contributed by atoms with van der Waals surface area (Å²) in [5.74, 6) is -1.59. The summed E-state index contributed by atoms with van der Waals surface area (Å²) in [4.78, 5) is 12.6. The monoisotopic (exact) mass is 308 g/mol. The smallest absolute Gasteiger partial charge is 0.329 e. The maximum atomic E-state index is 12.7. The maximum absolute atomic E-state index is 12.7. The van der Waals surface area contributed by atoms with Gasteiger partial charge in [0, 0.05) is 12.1 Å². The van der Waals surface area contributed by atoms with Gasteiger partial charge in [0.1, 0.15) is 0 Å². The van der Waals surface area contributed by atoms with Gasteiger partial charge in [-0.25, -0.2) is 0 Å². The van der Waals surface area contributed by atoms with Crippen LogP contribution < -0.4 is 0 Å². The third-order valence-electron chi connectivity index (χ3n) is 4.70. The van der Waals surface area contributed by atoms with Gasteiger partial charge in [0.2, 0.25) is 0 Å². The fourth-order valence-electron chi connectivity index (χ4n) is 3.79. The average molecular weight is 308 g/mol. The number of carbonyl (C=O) groups is 1. The SMILES string of the molecule is N#Cc1cccc(C2C[C@H]3CC[C@@H](C2)N3C(=O)C(F)(F)F)c1. The standard InChI is InChI=1S/C16H15F3N2O/c17-16(18,19)15(22)21-13-4-5-14(21)8-12(7-13)11-3-1-2-10(6-11)9-20/h1-3,6,12-14H,4-5,7-8H2/t12?,13-,14+. The fourth-order valence-corrected chi connectivity index (χ4v) is 3.79. The zero-order chi connectivity index (χ0) is 15.9. The van der Waals surface area contributed by atoms with E-state index in [4.69, 9.17) is 5.26 Å². The van der Waals surface area contributed by atoms with Crippen molar-refractivity contribution in [1.29, 1.82) is 5.26 Å². The fraction of sp³-hybridized carbons (Fsp3) is 0.500. The van der Waals surface area contributed by atoms with Crippen LogP contribution in [0.1, 0.15) is 42.7 Å². The van der Waals surface area contributed by atoms with E-state index in [1.165, 1.54) is 0 Å². The molecule has 2 heterocycles. The molecule has 0 aliphatic carbocycles. The number of nitriles is 1. The van der Waals surface area contributed by atoms with Crippen LogP contribution in [0.15, 0.2) is 24.3 Å². The molecule has 0 spiro atoms. The van der Waals surface area contributed by atoms with E-state index in [1.807, 2.05) is 6.07 Å². The molecule has 0 aromatic heterocycles. The molecule has 22 heavy (non-hydrogen) atoms. The molecule has 2 aliphatic heterocycles. The highest BCUT2D eigenvalue weighted by Gasteiger charge is 2.51. The molecular weight excluding hydrogens is 293 g/mol. The van der Waals surface area contributed by atoms with Gasteiger partial charge in [-0.2, -0.15) is 18.4 Å². The number of halogens is 3. The summed E-state index contributed by atoms with van der Waals surface area (Å²) in [6, 6.07) is 8.60. The summed E-state index contributed by atoms with van der Waals surface area (Å²) in [5.41, 5.74) is 1.54. The zero-order valence-corrected chi connectivity index (χ0v) is 11.8. The number of piperidine rings is 1. The van der Waals surface area contributed by atoms with E-state index in [2.05, 4.69) is 6.07 Å². The van der Waals surface area contributed by atoms with Crippen LogP contribution in [0.25, 0.3) is 0 Å². The Bertz CT molecular complexity index is 621. The molecule has 3 atom stereocenters. The van der Waals surface area contributed by atoms with Gasteiger partial charge in [-0.1, -0.05) is 12.1 Å². The lowest BCUT2D eigenvalue weighted by molar-refractivity contribution is -0.190. The van der Waals surface area contributed by atoms with Crippen LogP contribution in [0.4, 0.5) is 13.2 Å². The van der Waals surface area contributed by atoms with E-state index >= 15 is 0 Å². The van der Waals surface area contributed by atoms with Crippen LogP contribution in [0.3, 0.4) is 0 Å². The van der Waals surface area contributed by atoms with E-state index < -0.39 is 12.1 Å². The summed E-state index contributed by atoms with van der Waals surface area (Å²) in [7, 11) is 0. The lowest BCUT2D eigenvalue weighted by atomic mass is 9.84. The summed E-state index contributed by atoms with van der Waals surface area (Å²) < 4.78 is 38.1. The van der Waals surface area contributed by atoms with Gasteiger partial charge in [0.25, 0.3) is 0 Å². The molecule has 3 nitrogen and oxygen atoms in total. The zero-order valence-electron chi connectivity index (χ0n) is 11.8. The minimum atomic E-state index is -4.80. The molecule has 2 bridgehead atoms. The Morgan fingerprint density at radius 2 is 1.86 bits per heavy atom. The van der Waals surface area contributed by atoms with Crippen LogP contribution in [0, 0.1) is 11.3 Å². The second kappa shape index (κ2) is 5.31. The van der Waals surface area contributed by atoms with Gasteiger partial charge >= 0.3 is 12.1 Å². The molecule has 2 fully saturated rings. The van der Waals surface area contributed by atoms with Crippen molar-refractivity contribution in [3.8, 4) is 6.07 Å². The quantitative estimate of drug-likeness (QED) is 0.798. The number of fused-ring (bicyclic) bond motifs is 2. The van der Waals surface area contributed by atoms with E-state index in [9.17, 15) is 18.0 Å². The average Bonchev–Trinajstić information content (AvgIpc) is 2.75. The van der Waals surface area contributed by atoms with Gasteiger partial charge in [0.15, 0.2) is 0 Å². The van der Waals surface area contributed by atoms with Crippen molar-refractivity contribution in [3.05, 3.63) is 35.4 Å². The number of rotatable bonds is 1. The first-order valence-electron chi connectivity index (χ1n) is 7.29. The molecule has 0 N–H and O–H groups in total. The highest BCUT2D eigenvalue weighted by atomic mass is 19.4. The number of amides is 1. The summed E-state index contributed by atoms with van der Waals surface area (Å²) in [6.07, 6.45) is -2.48. The van der Waals surface area contributed by atoms with Crippen molar-refractivity contribution < 1.29 is 18.0 Å². The first-order chi connectivity index (χ1) is 10.4. The van der Waals surface area contributed by atoms with Crippen molar-refractivity contribution in [2.45, 2.75) is 49.9 Å². The Balaban J connectivity index is 1.80. The molecule has 2 saturated heterocycles. The Labute approximate surface area is 126 Å². The highest BCUT2D eigenvalue weighted by Crippen LogP contribution is 2.44. The van der Waals surface area contributed by atoms with Crippen molar-refractivity contribution in [2.75, 3.05) is 0 Å². The molecule has 6 heteroatoms. The Morgan fingerprint density at radius 3 is 2.41 bits per heavy atom. The Morgan fingerprint density at radius 1 is 1.23 bits per heavy atom. The Hall–Kier alpha value is -2.03. The number of alkyl halides is 3. The molecule has 3 rings (SSSR count). The van der Waals surface area contributed by atoms with Gasteiger partial charge in [-0.15, -0.1) is 0 Å². The number of hydrogen-bond donors (Lipinski definition) is 0. The molecule has 0 radical (unpaired) electrons. The number of carbonyl (C=O) groups excluding carboxylic acids is 1. The molecule has 116 valence electrons. The van der Waals surface area contributed by atoms with Crippen molar-refractivity contribution in [3.63, 3.8) is 0 Å². The lowest BCUT2D eigenvalue weighted by Gasteiger charge is -2.39. The minimum absolute atomic E-state index is 0.114. The van der Waals surface area contributed by atoms with Crippen molar-refractivity contribution >= 4 is 5.91 Å². The molecule has 1 amide bonds. The summed E-state index contributed by atoms with van der Waals surface area (Å²) in [6.45, 7) is 0. The van der Waals surface area contributed by atoms with Crippen molar-refractivity contribution in [2.24, 2.45) is 0 Å². The van der Waals surface area contributed by atoms with Crippen LogP contribution >= 0.6 is 0 Å². The van der Waals surface area contributed by atoms with E-state index in [1.54, 1.807) is 18.2 Å². The second-order valence-electron chi connectivity index (χ2n) is 6.00.